The van der Waals surface area contributed by atoms with E-state index in [-0.39, 0.29) is 0 Å². The van der Waals surface area contributed by atoms with Crippen LogP contribution < -0.4 is 10.6 Å². The standard InChI is InChI=1S/C16H29N3/c1-3-17-16(19-15-9-4-5-10-15)18-12-14-8-6-7-13(2)11-14/h4-5,13-15H,3,6-12H2,1-2H3,(H2,17,18,19). The molecule has 2 atom stereocenters. The molecule has 0 aromatic carbocycles. The van der Waals surface area contributed by atoms with Crippen LogP contribution in [0.15, 0.2) is 17.1 Å². The van der Waals surface area contributed by atoms with E-state index < -0.39 is 0 Å². The maximum Gasteiger partial charge on any atom is 0.191 e. The Kier molecular flexibility index (Phi) is 5.74. The van der Waals surface area contributed by atoms with E-state index in [1.807, 2.05) is 0 Å². The molecule has 0 aliphatic heterocycles. The van der Waals surface area contributed by atoms with Gasteiger partial charge in [0.15, 0.2) is 5.96 Å². The van der Waals surface area contributed by atoms with Gasteiger partial charge in [0.2, 0.25) is 0 Å². The van der Waals surface area contributed by atoms with Crippen molar-refractivity contribution in [3.63, 3.8) is 0 Å². The van der Waals surface area contributed by atoms with Crippen LogP contribution in [0.25, 0.3) is 0 Å². The van der Waals surface area contributed by atoms with Crippen LogP contribution in [0.1, 0.15) is 52.4 Å². The lowest BCUT2D eigenvalue weighted by atomic mass is 9.82. The van der Waals surface area contributed by atoms with E-state index in [1.54, 1.807) is 0 Å². The summed E-state index contributed by atoms with van der Waals surface area (Å²) in [6, 6.07) is 0.545. The zero-order valence-electron chi connectivity index (χ0n) is 12.5. The van der Waals surface area contributed by atoms with Crippen molar-refractivity contribution in [2.24, 2.45) is 16.8 Å². The third-order valence-electron chi connectivity index (χ3n) is 4.25. The molecule has 3 heteroatoms. The molecule has 1 saturated carbocycles. The Morgan fingerprint density at radius 1 is 1.26 bits per heavy atom. The van der Waals surface area contributed by atoms with E-state index >= 15 is 0 Å². The van der Waals surface area contributed by atoms with E-state index in [9.17, 15) is 0 Å². The van der Waals surface area contributed by atoms with E-state index in [0.29, 0.717) is 6.04 Å². The number of aliphatic imine (C=N–C) groups is 1. The molecule has 3 nitrogen and oxygen atoms in total. The van der Waals surface area contributed by atoms with Gasteiger partial charge in [0, 0.05) is 19.1 Å². The van der Waals surface area contributed by atoms with Crippen LogP contribution in [0.5, 0.6) is 0 Å². The highest BCUT2D eigenvalue weighted by Gasteiger charge is 2.19. The van der Waals surface area contributed by atoms with Crippen LogP contribution in [-0.2, 0) is 0 Å². The van der Waals surface area contributed by atoms with Gasteiger partial charge in [0.25, 0.3) is 0 Å². The molecule has 2 unspecified atom stereocenters. The van der Waals surface area contributed by atoms with Crippen molar-refractivity contribution in [3.8, 4) is 0 Å². The Morgan fingerprint density at radius 2 is 2.05 bits per heavy atom. The highest BCUT2D eigenvalue weighted by atomic mass is 15.2. The van der Waals surface area contributed by atoms with Gasteiger partial charge in [0.1, 0.15) is 0 Å². The Balaban J connectivity index is 1.81. The largest absolute Gasteiger partial charge is 0.357 e. The van der Waals surface area contributed by atoms with Crippen molar-refractivity contribution >= 4 is 5.96 Å². The van der Waals surface area contributed by atoms with Gasteiger partial charge in [-0.15, -0.1) is 0 Å². The summed E-state index contributed by atoms with van der Waals surface area (Å²) in [5.74, 6) is 2.69. The Labute approximate surface area is 118 Å². The summed E-state index contributed by atoms with van der Waals surface area (Å²) >= 11 is 0. The SMILES string of the molecule is CCNC(=NCC1CCCC(C)C1)NC1CC=CC1. The number of hydrogen-bond donors (Lipinski definition) is 2. The summed E-state index contributed by atoms with van der Waals surface area (Å²) in [6.07, 6.45) is 12.3. The maximum atomic E-state index is 4.80. The molecule has 0 spiro atoms. The molecular weight excluding hydrogens is 234 g/mol. The normalized spacial score (nSPS) is 28.6. The maximum absolute atomic E-state index is 4.80. The van der Waals surface area contributed by atoms with Crippen LogP contribution in [0, 0.1) is 11.8 Å². The Hall–Kier alpha value is -0.990. The van der Waals surface area contributed by atoms with Crippen LogP contribution in [-0.4, -0.2) is 25.1 Å². The van der Waals surface area contributed by atoms with Crippen molar-refractivity contribution < 1.29 is 0 Å². The third kappa shape index (κ3) is 4.88. The van der Waals surface area contributed by atoms with E-state index in [1.165, 1.54) is 25.7 Å². The highest BCUT2D eigenvalue weighted by molar-refractivity contribution is 5.80. The van der Waals surface area contributed by atoms with Crippen molar-refractivity contribution in [3.05, 3.63) is 12.2 Å². The molecule has 0 amide bonds. The fourth-order valence-corrected chi connectivity index (χ4v) is 3.19. The average Bonchev–Trinajstić information content (AvgIpc) is 2.89. The zero-order chi connectivity index (χ0) is 13.5. The molecule has 2 N–H and O–H groups in total. The zero-order valence-corrected chi connectivity index (χ0v) is 12.5. The first kappa shape index (κ1) is 14.4. The molecule has 108 valence electrons. The topological polar surface area (TPSA) is 36.4 Å². The van der Waals surface area contributed by atoms with Crippen molar-refractivity contribution in [1.82, 2.24) is 10.6 Å². The van der Waals surface area contributed by atoms with Crippen LogP contribution in [0.3, 0.4) is 0 Å². The molecule has 2 aliphatic rings. The quantitative estimate of drug-likeness (QED) is 0.464. The summed E-state index contributed by atoms with van der Waals surface area (Å²) in [6.45, 7) is 6.43. The smallest absolute Gasteiger partial charge is 0.191 e. The van der Waals surface area contributed by atoms with Crippen LogP contribution in [0.4, 0.5) is 0 Å². The van der Waals surface area contributed by atoms with Gasteiger partial charge in [-0.1, -0.05) is 31.9 Å². The van der Waals surface area contributed by atoms with Gasteiger partial charge >= 0.3 is 0 Å². The van der Waals surface area contributed by atoms with Gasteiger partial charge in [-0.05, 0) is 44.4 Å². The summed E-state index contributed by atoms with van der Waals surface area (Å²) < 4.78 is 0. The minimum absolute atomic E-state index is 0.545. The second-order valence-electron chi connectivity index (χ2n) is 6.14. The second kappa shape index (κ2) is 7.56. The lowest BCUT2D eigenvalue weighted by molar-refractivity contribution is 0.289. The highest BCUT2D eigenvalue weighted by Crippen LogP contribution is 2.28. The number of guanidine groups is 1. The summed E-state index contributed by atoms with van der Waals surface area (Å²) in [5, 5.41) is 6.92. The monoisotopic (exact) mass is 263 g/mol. The molecule has 2 rings (SSSR count). The first-order valence-corrected chi connectivity index (χ1v) is 7.97. The number of nitrogens with one attached hydrogen (secondary N) is 2. The molecule has 0 aromatic heterocycles. The minimum Gasteiger partial charge on any atom is -0.357 e. The van der Waals surface area contributed by atoms with Crippen molar-refractivity contribution in [1.29, 1.82) is 0 Å². The third-order valence-corrected chi connectivity index (χ3v) is 4.25. The molecule has 0 radical (unpaired) electrons. The molecule has 19 heavy (non-hydrogen) atoms. The molecule has 2 aliphatic carbocycles. The average molecular weight is 263 g/mol. The van der Waals surface area contributed by atoms with E-state index in [2.05, 4.69) is 36.6 Å². The molecule has 0 bridgehead atoms. The second-order valence-corrected chi connectivity index (χ2v) is 6.14. The van der Waals surface area contributed by atoms with Gasteiger partial charge < -0.3 is 10.6 Å². The van der Waals surface area contributed by atoms with Crippen molar-refractivity contribution in [2.45, 2.75) is 58.4 Å². The molecule has 0 saturated heterocycles. The number of hydrogen-bond acceptors (Lipinski definition) is 1. The van der Waals surface area contributed by atoms with E-state index in [0.717, 1.165) is 43.7 Å². The summed E-state index contributed by atoms with van der Waals surface area (Å²) in [7, 11) is 0. The summed E-state index contributed by atoms with van der Waals surface area (Å²) in [5.41, 5.74) is 0. The molecule has 0 heterocycles. The molecular formula is C16H29N3. The van der Waals surface area contributed by atoms with Gasteiger partial charge in [-0.3, -0.25) is 4.99 Å². The molecule has 0 aromatic rings. The Morgan fingerprint density at radius 3 is 2.74 bits per heavy atom. The van der Waals surface area contributed by atoms with Crippen LogP contribution in [0.2, 0.25) is 0 Å². The van der Waals surface area contributed by atoms with Gasteiger partial charge in [0.05, 0.1) is 0 Å². The predicted molar refractivity (Wildman–Crippen MR) is 82.4 cm³/mol. The predicted octanol–water partition coefficient (Wildman–Crippen LogP) is 3.09. The van der Waals surface area contributed by atoms with Gasteiger partial charge in [-0.2, -0.15) is 0 Å². The first-order chi connectivity index (χ1) is 9.28. The number of rotatable bonds is 4. The lowest BCUT2D eigenvalue weighted by Crippen LogP contribution is -2.42. The first-order valence-electron chi connectivity index (χ1n) is 7.97. The fraction of sp³-hybridized carbons (Fsp3) is 0.812. The number of nitrogens with zero attached hydrogens (tertiary/aromatic N) is 1. The lowest BCUT2D eigenvalue weighted by Gasteiger charge is -2.26. The Bertz CT molecular complexity index is 314. The van der Waals surface area contributed by atoms with Crippen molar-refractivity contribution in [2.75, 3.05) is 13.1 Å². The fourth-order valence-electron chi connectivity index (χ4n) is 3.19. The minimum atomic E-state index is 0.545. The molecule has 1 fully saturated rings. The summed E-state index contributed by atoms with van der Waals surface area (Å²) in [4.78, 5) is 4.80. The van der Waals surface area contributed by atoms with Gasteiger partial charge in [-0.25, -0.2) is 0 Å². The van der Waals surface area contributed by atoms with Crippen LogP contribution >= 0.6 is 0 Å². The van der Waals surface area contributed by atoms with E-state index in [4.69, 9.17) is 4.99 Å².